The number of hydrogen-bond donors (Lipinski definition) is 1. The van der Waals surface area contributed by atoms with Crippen LogP contribution in [-0.4, -0.2) is 37.0 Å². The van der Waals surface area contributed by atoms with Gasteiger partial charge in [0.15, 0.2) is 0 Å². The molecule has 1 unspecified atom stereocenters. The molecule has 0 bridgehead atoms. The number of carbonyl (C=O) groups is 1. The lowest BCUT2D eigenvalue weighted by atomic mass is 10.0. The summed E-state index contributed by atoms with van der Waals surface area (Å²) in [5.41, 5.74) is 0. The Kier molecular flexibility index (Phi) is 41.6. The molecule has 0 rings (SSSR count). The highest BCUT2D eigenvalue weighted by Gasteiger charge is 2.13. The van der Waals surface area contributed by atoms with Gasteiger partial charge < -0.3 is 14.6 Å². The van der Waals surface area contributed by atoms with Crippen molar-refractivity contribution in [2.24, 2.45) is 0 Å². The second-order valence-electron chi connectivity index (χ2n) is 14.0. The highest BCUT2D eigenvalue weighted by atomic mass is 16.6. The van der Waals surface area contributed by atoms with Gasteiger partial charge in [-0.3, -0.25) is 4.79 Å². The molecule has 0 saturated heterocycles. The molecule has 4 heteroatoms. The van der Waals surface area contributed by atoms with E-state index in [4.69, 9.17) is 9.47 Å². The van der Waals surface area contributed by atoms with Gasteiger partial charge in [0.25, 0.3) is 0 Å². The number of ether oxygens (including phenoxy) is 2. The molecule has 0 amide bonds. The van der Waals surface area contributed by atoms with Crippen LogP contribution in [0.4, 0.5) is 0 Å². The summed E-state index contributed by atoms with van der Waals surface area (Å²) in [6.45, 7) is 5.20. The zero-order valence-corrected chi connectivity index (χ0v) is 33.2. The van der Waals surface area contributed by atoms with Crippen LogP contribution in [0.25, 0.3) is 0 Å². The van der Waals surface area contributed by atoms with Gasteiger partial charge in [0.05, 0.1) is 13.2 Å². The van der Waals surface area contributed by atoms with Crippen LogP contribution in [0.5, 0.6) is 0 Å². The van der Waals surface area contributed by atoms with Gasteiger partial charge in [-0.2, -0.15) is 0 Å². The van der Waals surface area contributed by atoms with E-state index in [9.17, 15) is 9.90 Å². The number of unbranched alkanes of at least 4 members (excludes halogenated alkanes) is 21. The Morgan fingerprint density at radius 3 is 1.38 bits per heavy atom. The first-order chi connectivity index (χ1) is 24.7. The summed E-state index contributed by atoms with van der Waals surface area (Å²) in [6.07, 6.45) is 57.1. The molecule has 0 saturated carbocycles. The summed E-state index contributed by atoms with van der Waals surface area (Å²) in [7, 11) is 0. The molecular formula is C46H82O4. The van der Waals surface area contributed by atoms with E-state index < -0.39 is 6.10 Å². The molecule has 0 aromatic carbocycles. The van der Waals surface area contributed by atoms with Crippen LogP contribution in [0.1, 0.15) is 200 Å². The Morgan fingerprint density at radius 2 is 0.900 bits per heavy atom. The van der Waals surface area contributed by atoms with E-state index in [0.717, 1.165) is 44.9 Å². The number of hydrogen-bond acceptors (Lipinski definition) is 4. The van der Waals surface area contributed by atoms with Crippen molar-refractivity contribution >= 4 is 5.97 Å². The van der Waals surface area contributed by atoms with E-state index in [-0.39, 0.29) is 12.6 Å². The Balaban J connectivity index is 3.41. The molecule has 0 aliphatic heterocycles. The van der Waals surface area contributed by atoms with Crippen LogP contribution in [0.15, 0.2) is 60.8 Å². The van der Waals surface area contributed by atoms with E-state index in [0.29, 0.717) is 19.6 Å². The van der Waals surface area contributed by atoms with Gasteiger partial charge in [0.2, 0.25) is 0 Å². The van der Waals surface area contributed by atoms with Crippen molar-refractivity contribution in [1.29, 1.82) is 0 Å². The van der Waals surface area contributed by atoms with Crippen LogP contribution in [0, 0.1) is 0 Å². The number of aliphatic hydroxyl groups excluding tert-OH is 1. The van der Waals surface area contributed by atoms with E-state index in [1.54, 1.807) is 0 Å². The van der Waals surface area contributed by atoms with Gasteiger partial charge in [0.1, 0.15) is 6.10 Å². The summed E-state index contributed by atoms with van der Waals surface area (Å²) in [5, 5.41) is 9.58. The molecular weight excluding hydrogens is 617 g/mol. The lowest BCUT2D eigenvalue weighted by Crippen LogP contribution is -2.27. The van der Waals surface area contributed by atoms with Crippen LogP contribution in [-0.2, 0) is 14.3 Å². The quantitative estimate of drug-likeness (QED) is 0.0394. The lowest BCUT2D eigenvalue weighted by Gasteiger charge is -2.15. The van der Waals surface area contributed by atoms with Gasteiger partial charge in [-0.15, -0.1) is 0 Å². The van der Waals surface area contributed by atoms with Gasteiger partial charge in [-0.25, -0.2) is 0 Å². The van der Waals surface area contributed by atoms with Crippen molar-refractivity contribution in [1.82, 2.24) is 0 Å². The summed E-state index contributed by atoms with van der Waals surface area (Å²) in [4.78, 5) is 12.1. The first-order valence-electron chi connectivity index (χ1n) is 21.4. The maximum atomic E-state index is 12.1. The van der Waals surface area contributed by atoms with Crippen molar-refractivity contribution < 1.29 is 19.4 Å². The summed E-state index contributed by atoms with van der Waals surface area (Å²) >= 11 is 0. The summed E-state index contributed by atoms with van der Waals surface area (Å²) in [6, 6.07) is 0. The molecule has 0 radical (unpaired) electrons. The fraction of sp³-hybridized carbons (Fsp3) is 0.761. The predicted octanol–water partition coefficient (Wildman–Crippen LogP) is 14.0. The highest BCUT2D eigenvalue weighted by Crippen LogP contribution is 2.14. The normalized spacial score (nSPS) is 12.9. The minimum Gasteiger partial charge on any atom is -0.457 e. The maximum Gasteiger partial charge on any atom is 0.306 e. The van der Waals surface area contributed by atoms with Crippen molar-refractivity contribution in [2.45, 2.75) is 206 Å². The SMILES string of the molecule is CC/C=C\C/C=C\C/C=C\C/C=C\CCCCCCCCCCCCCCCOCC(CO)OC(=O)CCCCCCC/C=C\CCCCC. The van der Waals surface area contributed by atoms with Gasteiger partial charge in [0, 0.05) is 13.0 Å². The Morgan fingerprint density at radius 1 is 0.500 bits per heavy atom. The zero-order chi connectivity index (χ0) is 36.3. The van der Waals surface area contributed by atoms with Crippen molar-refractivity contribution in [3.05, 3.63) is 60.8 Å². The predicted molar refractivity (Wildman–Crippen MR) is 219 cm³/mol. The molecule has 50 heavy (non-hydrogen) atoms. The number of esters is 1. The molecule has 0 heterocycles. The molecule has 1 N–H and O–H groups in total. The number of allylic oxidation sites excluding steroid dienone is 10. The average Bonchev–Trinajstić information content (AvgIpc) is 3.12. The third-order valence-corrected chi connectivity index (χ3v) is 9.08. The topological polar surface area (TPSA) is 55.8 Å². The molecule has 0 aromatic rings. The summed E-state index contributed by atoms with van der Waals surface area (Å²) < 4.78 is 11.1. The smallest absolute Gasteiger partial charge is 0.306 e. The fourth-order valence-electron chi connectivity index (χ4n) is 5.90. The van der Waals surface area contributed by atoms with Crippen LogP contribution >= 0.6 is 0 Å². The van der Waals surface area contributed by atoms with E-state index in [1.807, 2.05) is 0 Å². The monoisotopic (exact) mass is 699 g/mol. The molecule has 290 valence electrons. The van der Waals surface area contributed by atoms with E-state index >= 15 is 0 Å². The molecule has 0 fully saturated rings. The minimum absolute atomic E-state index is 0.176. The second-order valence-corrected chi connectivity index (χ2v) is 14.0. The first kappa shape index (κ1) is 48.1. The standard InChI is InChI=1S/C46H82O4/c1-3-5-7-9-11-13-15-17-18-19-20-21-22-23-24-25-26-27-28-29-30-32-34-36-38-40-42-49-44-45(43-47)50-46(48)41-39-37-35-33-31-16-14-12-10-8-6-4-2/h5,7,11-14,17-18,20-21,45,47H,3-4,6,8-10,15-16,19,22-44H2,1-2H3/b7-5-,13-11-,14-12-,18-17-,21-20-. The largest absolute Gasteiger partial charge is 0.457 e. The van der Waals surface area contributed by atoms with Crippen LogP contribution in [0.3, 0.4) is 0 Å². The van der Waals surface area contributed by atoms with Gasteiger partial charge >= 0.3 is 5.97 Å². The van der Waals surface area contributed by atoms with Crippen molar-refractivity contribution in [3.63, 3.8) is 0 Å². The Bertz CT molecular complexity index is 824. The molecule has 0 aromatic heterocycles. The van der Waals surface area contributed by atoms with Gasteiger partial charge in [-0.05, 0) is 77.0 Å². The average molecular weight is 699 g/mol. The maximum absolute atomic E-state index is 12.1. The number of aliphatic hydroxyl groups is 1. The first-order valence-corrected chi connectivity index (χ1v) is 21.4. The third kappa shape index (κ3) is 40.5. The third-order valence-electron chi connectivity index (χ3n) is 9.08. The summed E-state index contributed by atoms with van der Waals surface area (Å²) in [5.74, 6) is -0.212. The highest BCUT2D eigenvalue weighted by molar-refractivity contribution is 5.69. The lowest BCUT2D eigenvalue weighted by molar-refractivity contribution is -0.154. The molecule has 1 atom stereocenters. The Labute approximate surface area is 311 Å². The Hall–Kier alpha value is -1.91. The molecule has 0 aliphatic rings. The van der Waals surface area contributed by atoms with E-state index in [2.05, 4.69) is 74.6 Å². The van der Waals surface area contributed by atoms with Crippen molar-refractivity contribution in [2.75, 3.05) is 19.8 Å². The number of rotatable bonds is 39. The zero-order valence-electron chi connectivity index (χ0n) is 33.2. The minimum atomic E-state index is -0.539. The molecule has 0 spiro atoms. The van der Waals surface area contributed by atoms with Gasteiger partial charge in [-0.1, -0.05) is 177 Å². The molecule has 0 aliphatic carbocycles. The number of carbonyl (C=O) groups excluding carboxylic acids is 1. The van der Waals surface area contributed by atoms with Crippen molar-refractivity contribution in [3.8, 4) is 0 Å². The van der Waals surface area contributed by atoms with E-state index in [1.165, 1.54) is 135 Å². The van der Waals surface area contributed by atoms with Crippen LogP contribution < -0.4 is 0 Å². The van der Waals surface area contributed by atoms with Crippen LogP contribution in [0.2, 0.25) is 0 Å². The fourth-order valence-corrected chi connectivity index (χ4v) is 5.90. The second kappa shape index (κ2) is 43.3. The molecule has 4 nitrogen and oxygen atoms in total.